The summed E-state index contributed by atoms with van der Waals surface area (Å²) in [6.07, 6.45) is 0. The van der Waals surface area contributed by atoms with Gasteiger partial charge in [-0.3, -0.25) is 0 Å². The first-order valence-electron chi connectivity index (χ1n) is 4.54. The van der Waals surface area contributed by atoms with Crippen LogP contribution in [-0.4, -0.2) is 0 Å². The summed E-state index contributed by atoms with van der Waals surface area (Å²) in [7, 11) is 0. The van der Waals surface area contributed by atoms with Crippen molar-refractivity contribution in [1.82, 2.24) is 5.32 Å². The molecule has 0 unspecified atom stereocenters. The fourth-order valence-electron chi connectivity index (χ4n) is 1.23. The molecule has 0 aliphatic heterocycles. The van der Waals surface area contributed by atoms with E-state index >= 15 is 0 Å². The second kappa shape index (κ2) is 6.11. The topological polar surface area (TPSA) is 12.0 Å². The Hall–Kier alpha value is 0.800. The fraction of sp³-hybridized carbons (Fsp3) is 0.200. The summed E-state index contributed by atoms with van der Waals surface area (Å²) < 4.78 is 3.47. The standard InChI is InChI=1S/C10H8Br3NS2/c11-8-3-7(16-10(8)13)5-14-4-6-1-2-9(12)15-6/h1-3,14H,4-5H2. The number of rotatable bonds is 4. The molecule has 0 atom stereocenters. The van der Waals surface area contributed by atoms with E-state index in [0.29, 0.717) is 0 Å². The maximum absolute atomic E-state index is 3.50. The third kappa shape index (κ3) is 3.65. The molecule has 0 saturated heterocycles. The highest BCUT2D eigenvalue weighted by molar-refractivity contribution is 9.13. The van der Waals surface area contributed by atoms with Crippen molar-refractivity contribution in [2.75, 3.05) is 0 Å². The van der Waals surface area contributed by atoms with E-state index in [1.165, 1.54) is 13.5 Å². The molecule has 1 N–H and O–H groups in total. The molecule has 0 aliphatic rings. The van der Waals surface area contributed by atoms with Crippen molar-refractivity contribution in [3.05, 3.63) is 40.0 Å². The second-order valence-corrected chi connectivity index (χ2v) is 9.00. The first kappa shape index (κ1) is 13.2. The summed E-state index contributed by atoms with van der Waals surface area (Å²) in [5, 5.41) is 3.43. The molecule has 86 valence electrons. The van der Waals surface area contributed by atoms with Gasteiger partial charge in [-0.1, -0.05) is 0 Å². The van der Waals surface area contributed by atoms with Gasteiger partial charge in [0.15, 0.2) is 0 Å². The van der Waals surface area contributed by atoms with Crippen LogP contribution < -0.4 is 5.32 Å². The Balaban J connectivity index is 1.84. The molecule has 0 fully saturated rings. The minimum Gasteiger partial charge on any atom is -0.307 e. The number of nitrogens with one attached hydrogen (secondary N) is 1. The van der Waals surface area contributed by atoms with Gasteiger partial charge in [-0.25, -0.2) is 0 Å². The Morgan fingerprint density at radius 1 is 1.00 bits per heavy atom. The van der Waals surface area contributed by atoms with Gasteiger partial charge in [0, 0.05) is 27.3 Å². The van der Waals surface area contributed by atoms with Crippen molar-refractivity contribution in [2.24, 2.45) is 0 Å². The molecule has 0 spiro atoms. The molecule has 2 aromatic heterocycles. The van der Waals surface area contributed by atoms with Crippen LogP contribution in [0.3, 0.4) is 0 Å². The zero-order valence-electron chi connectivity index (χ0n) is 8.10. The molecule has 2 aromatic rings. The molecular weight excluding hydrogens is 438 g/mol. The van der Waals surface area contributed by atoms with Gasteiger partial charge in [-0.15, -0.1) is 22.7 Å². The lowest BCUT2D eigenvalue weighted by Gasteiger charge is -1.99. The fourth-order valence-corrected chi connectivity index (χ4v) is 4.83. The van der Waals surface area contributed by atoms with Crippen LogP contribution in [0, 0.1) is 0 Å². The monoisotopic (exact) mass is 443 g/mol. The molecule has 0 bridgehead atoms. The molecule has 0 saturated carbocycles. The molecule has 1 nitrogen and oxygen atoms in total. The molecular formula is C10H8Br3NS2. The van der Waals surface area contributed by atoms with E-state index in [-0.39, 0.29) is 0 Å². The minimum atomic E-state index is 0.907. The van der Waals surface area contributed by atoms with Crippen molar-refractivity contribution in [3.8, 4) is 0 Å². The molecule has 0 amide bonds. The highest BCUT2D eigenvalue weighted by Crippen LogP contribution is 2.32. The maximum Gasteiger partial charge on any atom is 0.0843 e. The summed E-state index contributed by atoms with van der Waals surface area (Å²) >= 11 is 14.0. The Kier molecular flexibility index (Phi) is 5.05. The second-order valence-electron chi connectivity index (χ2n) is 3.14. The molecule has 0 aliphatic carbocycles. The van der Waals surface area contributed by atoms with E-state index in [2.05, 4.69) is 71.3 Å². The number of halogens is 3. The Morgan fingerprint density at radius 3 is 2.31 bits per heavy atom. The SMILES string of the molecule is Brc1ccc(CNCc2cc(Br)c(Br)s2)s1. The van der Waals surface area contributed by atoms with Crippen molar-refractivity contribution in [1.29, 1.82) is 0 Å². The van der Waals surface area contributed by atoms with Crippen molar-refractivity contribution >= 4 is 70.5 Å². The van der Waals surface area contributed by atoms with Crippen LogP contribution in [0.25, 0.3) is 0 Å². The number of hydrogen-bond donors (Lipinski definition) is 1. The number of thiophene rings is 2. The first-order chi connectivity index (χ1) is 7.65. The van der Waals surface area contributed by atoms with Crippen molar-refractivity contribution < 1.29 is 0 Å². The molecule has 16 heavy (non-hydrogen) atoms. The zero-order valence-corrected chi connectivity index (χ0v) is 14.5. The van der Waals surface area contributed by atoms with Crippen molar-refractivity contribution in [3.63, 3.8) is 0 Å². The first-order valence-corrected chi connectivity index (χ1v) is 8.55. The van der Waals surface area contributed by atoms with Gasteiger partial charge in [0.05, 0.1) is 7.57 Å². The Morgan fingerprint density at radius 2 is 1.75 bits per heavy atom. The quantitative estimate of drug-likeness (QED) is 0.665. The summed E-state index contributed by atoms with van der Waals surface area (Å²) in [6.45, 7) is 1.83. The lowest BCUT2D eigenvalue weighted by atomic mass is 10.4. The van der Waals surface area contributed by atoms with Crippen LogP contribution >= 0.6 is 70.5 Å². The van der Waals surface area contributed by atoms with Gasteiger partial charge in [0.1, 0.15) is 0 Å². The van der Waals surface area contributed by atoms with E-state index in [4.69, 9.17) is 0 Å². The molecule has 0 aromatic carbocycles. The molecule has 0 radical (unpaired) electrons. The largest absolute Gasteiger partial charge is 0.307 e. The van der Waals surface area contributed by atoms with Crippen LogP contribution in [0.2, 0.25) is 0 Å². The van der Waals surface area contributed by atoms with Gasteiger partial charge in [0.25, 0.3) is 0 Å². The van der Waals surface area contributed by atoms with Gasteiger partial charge in [-0.2, -0.15) is 0 Å². The lowest BCUT2D eigenvalue weighted by molar-refractivity contribution is 0.709. The third-order valence-corrected chi connectivity index (χ3v) is 6.80. The van der Waals surface area contributed by atoms with E-state index in [1.807, 2.05) is 0 Å². The Bertz CT molecular complexity index is 459. The van der Waals surface area contributed by atoms with E-state index in [0.717, 1.165) is 21.3 Å². The zero-order chi connectivity index (χ0) is 11.5. The average molecular weight is 446 g/mol. The van der Waals surface area contributed by atoms with Crippen LogP contribution in [-0.2, 0) is 13.1 Å². The highest BCUT2D eigenvalue weighted by atomic mass is 79.9. The smallest absolute Gasteiger partial charge is 0.0843 e. The predicted octanol–water partition coefficient (Wildman–Crippen LogP) is 5.39. The van der Waals surface area contributed by atoms with Crippen molar-refractivity contribution in [2.45, 2.75) is 13.1 Å². The minimum absolute atomic E-state index is 0.907. The molecule has 2 heterocycles. The number of hydrogen-bond acceptors (Lipinski definition) is 3. The summed E-state index contributed by atoms with van der Waals surface area (Å²) in [5.41, 5.74) is 0. The van der Waals surface area contributed by atoms with E-state index in [1.54, 1.807) is 22.7 Å². The van der Waals surface area contributed by atoms with Gasteiger partial charge in [-0.05, 0) is 66.0 Å². The summed E-state index contributed by atoms with van der Waals surface area (Å²) in [6, 6.07) is 6.37. The van der Waals surface area contributed by atoms with Crippen LogP contribution in [0.1, 0.15) is 9.75 Å². The van der Waals surface area contributed by atoms with Gasteiger partial charge < -0.3 is 5.32 Å². The molecule has 6 heteroatoms. The third-order valence-electron chi connectivity index (χ3n) is 1.92. The lowest BCUT2D eigenvalue weighted by Crippen LogP contribution is -2.10. The Labute approximate surface area is 128 Å². The van der Waals surface area contributed by atoms with E-state index < -0.39 is 0 Å². The maximum atomic E-state index is 3.50. The van der Waals surface area contributed by atoms with Crippen LogP contribution in [0.4, 0.5) is 0 Å². The van der Waals surface area contributed by atoms with Gasteiger partial charge >= 0.3 is 0 Å². The van der Waals surface area contributed by atoms with E-state index in [9.17, 15) is 0 Å². The normalized spacial score (nSPS) is 10.9. The highest BCUT2D eigenvalue weighted by Gasteiger charge is 2.04. The van der Waals surface area contributed by atoms with Gasteiger partial charge in [0.2, 0.25) is 0 Å². The average Bonchev–Trinajstić information content (AvgIpc) is 2.75. The predicted molar refractivity (Wildman–Crippen MR) is 82.3 cm³/mol. The summed E-state index contributed by atoms with van der Waals surface area (Å²) in [4.78, 5) is 2.68. The van der Waals surface area contributed by atoms with Crippen LogP contribution in [0.15, 0.2) is 30.2 Å². The summed E-state index contributed by atoms with van der Waals surface area (Å²) in [5.74, 6) is 0. The van der Waals surface area contributed by atoms with Crippen LogP contribution in [0.5, 0.6) is 0 Å². The molecule has 2 rings (SSSR count).